The SMILES string of the molecule is CCCCCCc1n(CC)cc[n+]1CCC. The molecular weight excluding hydrogens is 196 g/mol. The van der Waals surface area contributed by atoms with E-state index in [1.165, 1.54) is 44.3 Å². The van der Waals surface area contributed by atoms with Crippen molar-refractivity contribution in [3.05, 3.63) is 18.2 Å². The Hall–Kier alpha value is -0.790. The van der Waals surface area contributed by atoms with Crippen molar-refractivity contribution in [2.24, 2.45) is 0 Å². The first kappa shape index (κ1) is 13.3. The summed E-state index contributed by atoms with van der Waals surface area (Å²) < 4.78 is 4.82. The molecule has 0 bridgehead atoms. The van der Waals surface area contributed by atoms with Crippen LogP contribution in [-0.2, 0) is 19.5 Å². The molecule has 0 amide bonds. The van der Waals surface area contributed by atoms with E-state index in [-0.39, 0.29) is 0 Å². The molecule has 0 saturated heterocycles. The summed E-state index contributed by atoms with van der Waals surface area (Å²) >= 11 is 0. The molecule has 0 aromatic carbocycles. The monoisotopic (exact) mass is 223 g/mol. The number of hydrogen-bond acceptors (Lipinski definition) is 0. The van der Waals surface area contributed by atoms with Gasteiger partial charge in [-0.15, -0.1) is 0 Å². The molecule has 92 valence electrons. The van der Waals surface area contributed by atoms with Crippen molar-refractivity contribution < 1.29 is 4.57 Å². The fourth-order valence-corrected chi connectivity index (χ4v) is 2.23. The maximum absolute atomic E-state index is 2.43. The lowest BCUT2D eigenvalue weighted by Gasteiger charge is -2.03. The zero-order chi connectivity index (χ0) is 11.8. The van der Waals surface area contributed by atoms with Crippen molar-refractivity contribution in [3.63, 3.8) is 0 Å². The third kappa shape index (κ3) is 3.66. The van der Waals surface area contributed by atoms with E-state index in [2.05, 4.69) is 42.3 Å². The number of rotatable bonds is 8. The van der Waals surface area contributed by atoms with Gasteiger partial charge in [-0.25, -0.2) is 9.13 Å². The van der Waals surface area contributed by atoms with Gasteiger partial charge in [0.05, 0.1) is 13.1 Å². The Morgan fingerprint density at radius 1 is 1.06 bits per heavy atom. The van der Waals surface area contributed by atoms with Gasteiger partial charge in [0, 0.05) is 6.42 Å². The molecule has 0 N–H and O–H groups in total. The second-order valence-corrected chi connectivity index (χ2v) is 4.50. The van der Waals surface area contributed by atoms with Crippen LogP contribution in [0.4, 0.5) is 0 Å². The molecule has 0 unspecified atom stereocenters. The zero-order valence-electron chi connectivity index (χ0n) is 11.2. The Balaban J connectivity index is 2.56. The fraction of sp³-hybridized carbons (Fsp3) is 0.786. The normalized spacial score (nSPS) is 10.9. The summed E-state index contributed by atoms with van der Waals surface area (Å²) in [6.07, 6.45) is 12.3. The molecular formula is C14H27N2+. The van der Waals surface area contributed by atoms with E-state index in [0.29, 0.717) is 0 Å². The Morgan fingerprint density at radius 2 is 1.88 bits per heavy atom. The van der Waals surface area contributed by atoms with Crippen molar-refractivity contribution in [3.8, 4) is 0 Å². The molecule has 1 rings (SSSR count). The van der Waals surface area contributed by atoms with Gasteiger partial charge >= 0.3 is 0 Å². The quantitative estimate of drug-likeness (QED) is 0.472. The van der Waals surface area contributed by atoms with Gasteiger partial charge in [0.1, 0.15) is 12.4 Å². The molecule has 1 heterocycles. The molecule has 2 heteroatoms. The number of aryl methyl sites for hydroxylation is 2. The molecule has 1 aromatic rings. The van der Waals surface area contributed by atoms with Crippen LogP contribution in [0.2, 0.25) is 0 Å². The Bertz CT molecular complexity index is 289. The molecule has 0 aliphatic heterocycles. The van der Waals surface area contributed by atoms with Crippen LogP contribution in [0.25, 0.3) is 0 Å². The van der Waals surface area contributed by atoms with Crippen molar-refractivity contribution in [1.82, 2.24) is 4.57 Å². The fourth-order valence-electron chi connectivity index (χ4n) is 2.23. The largest absolute Gasteiger partial charge is 0.256 e. The number of nitrogens with zero attached hydrogens (tertiary/aromatic N) is 2. The van der Waals surface area contributed by atoms with Gasteiger partial charge in [-0.1, -0.05) is 33.1 Å². The topological polar surface area (TPSA) is 8.81 Å². The highest BCUT2D eigenvalue weighted by Gasteiger charge is 2.14. The molecule has 2 nitrogen and oxygen atoms in total. The summed E-state index contributed by atoms with van der Waals surface area (Å²) in [6, 6.07) is 0. The summed E-state index contributed by atoms with van der Waals surface area (Å²) in [4.78, 5) is 0. The minimum Gasteiger partial charge on any atom is -0.235 e. The maximum atomic E-state index is 2.43. The summed E-state index contributed by atoms with van der Waals surface area (Å²) in [5.41, 5.74) is 0. The second kappa shape index (κ2) is 7.48. The number of aromatic nitrogens is 2. The standard InChI is InChI=1S/C14H27N2/c1-4-7-8-9-10-14-15(6-3)12-13-16(14)11-5-2/h12-13H,4-11H2,1-3H3/q+1. The average Bonchev–Trinajstić information content (AvgIpc) is 2.68. The third-order valence-electron chi connectivity index (χ3n) is 3.15. The van der Waals surface area contributed by atoms with E-state index in [1.807, 2.05) is 0 Å². The molecule has 1 aromatic heterocycles. The molecule has 0 spiro atoms. The van der Waals surface area contributed by atoms with Gasteiger partial charge in [-0.2, -0.15) is 0 Å². The van der Waals surface area contributed by atoms with Gasteiger partial charge in [0.25, 0.3) is 5.82 Å². The molecule has 0 fully saturated rings. The average molecular weight is 223 g/mol. The van der Waals surface area contributed by atoms with Crippen LogP contribution in [-0.4, -0.2) is 4.57 Å². The first-order valence-electron chi connectivity index (χ1n) is 6.90. The van der Waals surface area contributed by atoms with E-state index in [4.69, 9.17) is 0 Å². The van der Waals surface area contributed by atoms with E-state index in [1.54, 1.807) is 0 Å². The van der Waals surface area contributed by atoms with Crippen LogP contribution < -0.4 is 4.57 Å². The van der Waals surface area contributed by atoms with Crippen molar-refractivity contribution in [1.29, 1.82) is 0 Å². The molecule has 0 radical (unpaired) electrons. The summed E-state index contributed by atoms with van der Waals surface area (Å²) in [5.74, 6) is 1.51. The minimum absolute atomic E-state index is 1.10. The maximum Gasteiger partial charge on any atom is 0.256 e. The van der Waals surface area contributed by atoms with E-state index in [0.717, 1.165) is 13.1 Å². The molecule has 0 aliphatic rings. The van der Waals surface area contributed by atoms with Gasteiger partial charge < -0.3 is 0 Å². The first-order valence-corrected chi connectivity index (χ1v) is 6.90. The molecule has 0 atom stereocenters. The van der Waals surface area contributed by atoms with Crippen molar-refractivity contribution in [2.45, 2.75) is 72.4 Å². The predicted molar refractivity (Wildman–Crippen MR) is 68.4 cm³/mol. The number of unbranched alkanes of at least 4 members (excludes halogenated alkanes) is 3. The Kier molecular flexibility index (Phi) is 6.20. The Morgan fingerprint density at radius 3 is 2.50 bits per heavy atom. The van der Waals surface area contributed by atoms with Crippen molar-refractivity contribution in [2.75, 3.05) is 0 Å². The van der Waals surface area contributed by atoms with Gasteiger partial charge in [0.2, 0.25) is 0 Å². The highest BCUT2D eigenvalue weighted by molar-refractivity contribution is 4.83. The van der Waals surface area contributed by atoms with Crippen LogP contribution >= 0.6 is 0 Å². The van der Waals surface area contributed by atoms with Crippen LogP contribution in [0, 0.1) is 0 Å². The molecule has 0 aliphatic carbocycles. The first-order chi connectivity index (χ1) is 7.83. The highest BCUT2D eigenvalue weighted by Crippen LogP contribution is 2.06. The smallest absolute Gasteiger partial charge is 0.235 e. The van der Waals surface area contributed by atoms with Gasteiger partial charge in [-0.3, -0.25) is 0 Å². The lowest BCUT2D eigenvalue weighted by molar-refractivity contribution is -0.703. The zero-order valence-corrected chi connectivity index (χ0v) is 11.2. The second-order valence-electron chi connectivity index (χ2n) is 4.50. The lowest BCUT2D eigenvalue weighted by Crippen LogP contribution is -2.37. The minimum atomic E-state index is 1.10. The molecule has 0 saturated carbocycles. The Labute approximate surface area is 100 Å². The highest BCUT2D eigenvalue weighted by atomic mass is 15.1. The van der Waals surface area contributed by atoms with E-state index >= 15 is 0 Å². The van der Waals surface area contributed by atoms with E-state index < -0.39 is 0 Å². The summed E-state index contributed by atoms with van der Waals surface area (Å²) in [7, 11) is 0. The van der Waals surface area contributed by atoms with Gasteiger partial charge in [0.15, 0.2) is 0 Å². The molecule has 16 heavy (non-hydrogen) atoms. The van der Waals surface area contributed by atoms with Crippen LogP contribution in [0.5, 0.6) is 0 Å². The van der Waals surface area contributed by atoms with E-state index in [9.17, 15) is 0 Å². The van der Waals surface area contributed by atoms with Gasteiger partial charge in [-0.05, 0) is 19.8 Å². The number of imidazole rings is 1. The summed E-state index contributed by atoms with van der Waals surface area (Å²) in [5, 5.41) is 0. The van der Waals surface area contributed by atoms with Crippen LogP contribution in [0.1, 0.15) is 58.7 Å². The van der Waals surface area contributed by atoms with Crippen LogP contribution in [0.15, 0.2) is 12.4 Å². The van der Waals surface area contributed by atoms with Crippen molar-refractivity contribution >= 4 is 0 Å². The van der Waals surface area contributed by atoms with Crippen LogP contribution in [0.3, 0.4) is 0 Å². The number of hydrogen-bond donors (Lipinski definition) is 0. The predicted octanol–water partition coefficient (Wildman–Crippen LogP) is 3.33. The summed E-state index contributed by atoms with van der Waals surface area (Å²) in [6.45, 7) is 9.00. The third-order valence-corrected chi connectivity index (χ3v) is 3.15. The lowest BCUT2D eigenvalue weighted by atomic mass is 10.1.